The highest BCUT2D eigenvalue weighted by atomic mass is 16.6. The number of fused-ring (bicyclic) bond motifs is 2. The molecular formula is C21H24N4O2. The van der Waals surface area contributed by atoms with Crippen LogP contribution < -0.4 is 10.1 Å². The average molecular weight is 364 g/mol. The second-order valence-electron chi connectivity index (χ2n) is 6.97. The maximum Gasteiger partial charge on any atom is 0.226 e. The second kappa shape index (κ2) is 7.13. The molecule has 1 aromatic carbocycles. The van der Waals surface area contributed by atoms with Crippen molar-refractivity contribution < 1.29 is 9.84 Å². The fourth-order valence-electron chi connectivity index (χ4n) is 3.49. The molecule has 4 rings (SSSR count). The molecule has 0 spiro atoms. The molecule has 0 bridgehead atoms. The van der Waals surface area contributed by atoms with Gasteiger partial charge in [-0.2, -0.15) is 0 Å². The third-order valence-corrected chi connectivity index (χ3v) is 4.81. The van der Waals surface area contributed by atoms with Crippen LogP contribution >= 0.6 is 0 Å². The van der Waals surface area contributed by atoms with Crippen molar-refractivity contribution in [1.82, 2.24) is 19.7 Å². The van der Waals surface area contributed by atoms with E-state index in [0.717, 1.165) is 42.0 Å². The number of aromatic nitrogens is 3. The first-order valence-electron chi connectivity index (χ1n) is 9.22. The number of nitrogens with zero attached hydrogens (tertiary/aromatic N) is 3. The van der Waals surface area contributed by atoms with Crippen LogP contribution in [-0.4, -0.2) is 39.4 Å². The molecule has 1 aliphatic rings. The molecule has 1 aliphatic heterocycles. The van der Waals surface area contributed by atoms with E-state index in [1.807, 2.05) is 55.9 Å². The topological polar surface area (TPSA) is 71.7 Å². The molecule has 6 heteroatoms. The summed E-state index contributed by atoms with van der Waals surface area (Å²) in [7, 11) is 1.96. The molecule has 27 heavy (non-hydrogen) atoms. The molecule has 0 fully saturated rings. The first kappa shape index (κ1) is 17.7. The monoisotopic (exact) mass is 364 g/mol. The van der Waals surface area contributed by atoms with Crippen molar-refractivity contribution in [1.29, 1.82) is 0 Å². The maximum absolute atomic E-state index is 10.6. The zero-order valence-corrected chi connectivity index (χ0v) is 15.9. The van der Waals surface area contributed by atoms with Gasteiger partial charge >= 0.3 is 0 Å². The molecule has 0 saturated carbocycles. The SMILES string of the molecule is CNCCCc1ccc2c(c1)OC(O)C(c1cn3cc(C)nc(C)c3n1)=C2. The predicted molar refractivity (Wildman–Crippen MR) is 106 cm³/mol. The summed E-state index contributed by atoms with van der Waals surface area (Å²) >= 11 is 0. The van der Waals surface area contributed by atoms with Crippen molar-refractivity contribution in [2.45, 2.75) is 33.0 Å². The minimum atomic E-state index is -1.04. The van der Waals surface area contributed by atoms with E-state index in [-0.39, 0.29) is 0 Å². The Bertz CT molecular complexity index is 1020. The van der Waals surface area contributed by atoms with Crippen LogP contribution in [0.5, 0.6) is 5.75 Å². The highest BCUT2D eigenvalue weighted by molar-refractivity contribution is 5.86. The van der Waals surface area contributed by atoms with Crippen molar-refractivity contribution in [3.05, 3.63) is 58.8 Å². The first-order chi connectivity index (χ1) is 13.0. The Morgan fingerprint density at radius 3 is 2.89 bits per heavy atom. The van der Waals surface area contributed by atoms with E-state index >= 15 is 0 Å². The summed E-state index contributed by atoms with van der Waals surface area (Å²) in [6.07, 6.45) is 6.80. The van der Waals surface area contributed by atoms with Gasteiger partial charge in [0.05, 0.1) is 17.1 Å². The Balaban J connectivity index is 1.67. The van der Waals surface area contributed by atoms with Crippen LogP contribution in [0.15, 0.2) is 30.6 Å². The molecule has 0 radical (unpaired) electrons. The van der Waals surface area contributed by atoms with Gasteiger partial charge in [0.2, 0.25) is 6.29 Å². The minimum absolute atomic E-state index is 0.659. The Morgan fingerprint density at radius 2 is 2.07 bits per heavy atom. The van der Waals surface area contributed by atoms with E-state index < -0.39 is 6.29 Å². The molecule has 0 aliphatic carbocycles. The van der Waals surface area contributed by atoms with Gasteiger partial charge < -0.3 is 19.6 Å². The predicted octanol–water partition coefficient (Wildman–Crippen LogP) is 2.75. The number of ether oxygens (including phenoxy) is 1. The summed E-state index contributed by atoms with van der Waals surface area (Å²) in [5.41, 5.74) is 6.09. The lowest BCUT2D eigenvalue weighted by Gasteiger charge is -2.23. The normalized spacial score (nSPS) is 16.1. The van der Waals surface area contributed by atoms with Crippen LogP contribution in [0.1, 0.15) is 34.6 Å². The third-order valence-electron chi connectivity index (χ3n) is 4.81. The molecule has 1 atom stereocenters. The largest absolute Gasteiger partial charge is 0.460 e. The number of aliphatic hydroxyl groups excluding tert-OH is 1. The molecule has 3 aromatic rings. The number of imidazole rings is 1. The lowest BCUT2D eigenvalue weighted by molar-refractivity contribution is 0.0317. The van der Waals surface area contributed by atoms with Gasteiger partial charge in [0, 0.05) is 23.5 Å². The summed E-state index contributed by atoms with van der Waals surface area (Å²) < 4.78 is 7.75. The molecule has 0 saturated heterocycles. The summed E-state index contributed by atoms with van der Waals surface area (Å²) in [5, 5.41) is 13.7. The van der Waals surface area contributed by atoms with E-state index in [2.05, 4.69) is 21.4 Å². The van der Waals surface area contributed by atoms with Crippen LogP contribution in [0.3, 0.4) is 0 Å². The molecule has 140 valence electrons. The Hall–Kier alpha value is -2.70. The van der Waals surface area contributed by atoms with E-state index in [0.29, 0.717) is 17.0 Å². The van der Waals surface area contributed by atoms with Crippen molar-refractivity contribution in [2.75, 3.05) is 13.6 Å². The second-order valence-corrected chi connectivity index (χ2v) is 6.97. The van der Waals surface area contributed by atoms with Crippen molar-refractivity contribution in [2.24, 2.45) is 0 Å². The molecular weight excluding hydrogens is 340 g/mol. The standard InChI is InChI=1S/C21H24N4O2/c1-13-11-25-12-18(24-20(25)14(2)23-13)17-10-16-7-6-15(5-4-8-22-3)9-19(16)27-21(17)26/h6-7,9-12,21-22,26H,4-5,8H2,1-3H3. The number of hydrogen-bond acceptors (Lipinski definition) is 5. The number of aliphatic hydroxyl groups is 1. The van der Waals surface area contributed by atoms with Gasteiger partial charge in [-0.05, 0) is 58.0 Å². The van der Waals surface area contributed by atoms with E-state index in [4.69, 9.17) is 4.74 Å². The fourth-order valence-corrected chi connectivity index (χ4v) is 3.49. The van der Waals surface area contributed by atoms with Crippen molar-refractivity contribution in [3.63, 3.8) is 0 Å². The van der Waals surface area contributed by atoms with Gasteiger partial charge in [0.25, 0.3) is 0 Å². The lowest BCUT2D eigenvalue weighted by atomic mass is 10.0. The van der Waals surface area contributed by atoms with E-state index in [1.54, 1.807) is 0 Å². The Morgan fingerprint density at radius 1 is 1.22 bits per heavy atom. The lowest BCUT2D eigenvalue weighted by Crippen LogP contribution is -2.21. The van der Waals surface area contributed by atoms with Gasteiger partial charge in [-0.15, -0.1) is 0 Å². The first-order valence-corrected chi connectivity index (χ1v) is 9.22. The summed E-state index contributed by atoms with van der Waals surface area (Å²) in [4.78, 5) is 9.11. The van der Waals surface area contributed by atoms with Crippen LogP contribution in [0.4, 0.5) is 0 Å². The molecule has 2 aromatic heterocycles. The highest BCUT2D eigenvalue weighted by Crippen LogP contribution is 2.34. The van der Waals surface area contributed by atoms with Crippen LogP contribution in [0.25, 0.3) is 17.3 Å². The van der Waals surface area contributed by atoms with Gasteiger partial charge in [0.15, 0.2) is 5.65 Å². The number of benzene rings is 1. The third kappa shape index (κ3) is 3.46. The Kier molecular flexibility index (Phi) is 4.68. The van der Waals surface area contributed by atoms with Crippen molar-refractivity contribution in [3.8, 4) is 5.75 Å². The summed E-state index contributed by atoms with van der Waals surface area (Å²) in [6, 6.07) is 6.18. The summed E-state index contributed by atoms with van der Waals surface area (Å²) in [5.74, 6) is 0.714. The van der Waals surface area contributed by atoms with Gasteiger partial charge in [-0.25, -0.2) is 4.98 Å². The zero-order chi connectivity index (χ0) is 19.0. The highest BCUT2D eigenvalue weighted by Gasteiger charge is 2.24. The van der Waals surface area contributed by atoms with Gasteiger partial charge in [0.1, 0.15) is 5.75 Å². The number of aryl methyl sites for hydroxylation is 3. The number of hydrogen-bond donors (Lipinski definition) is 2. The molecule has 6 nitrogen and oxygen atoms in total. The quantitative estimate of drug-likeness (QED) is 0.681. The maximum atomic E-state index is 10.6. The molecule has 3 heterocycles. The van der Waals surface area contributed by atoms with E-state index in [9.17, 15) is 5.11 Å². The van der Waals surface area contributed by atoms with Crippen LogP contribution in [0.2, 0.25) is 0 Å². The van der Waals surface area contributed by atoms with Gasteiger partial charge in [-0.1, -0.05) is 12.1 Å². The molecule has 2 N–H and O–H groups in total. The van der Waals surface area contributed by atoms with E-state index in [1.165, 1.54) is 5.56 Å². The fraction of sp³-hybridized carbons (Fsp3) is 0.333. The zero-order valence-electron chi connectivity index (χ0n) is 15.9. The van der Waals surface area contributed by atoms with Crippen molar-refractivity contribution >= 4 is 17.3 Å². The number of nitrogens with one attached hydrogen (secondary N) is 1. The summed E-state index contributed by atoms with van der Waals surface area (Å²) in [6.45, 7) is 4.87. The van der Waals surface area contributed by atoms with Gasteiger partial charge in [-0.3, -0.25) is 4.98 Å². The van der Waals surface area contributed by atoms with Crippen LogP contribution in [-0.2, 0) is 6.42 Å². The average Bonchev–Trinajstić information content (AvgIpc) is 3.05. The molecule has 1 unspecified atom stereocenters. The smallest absolute Gasteiger partial charge is 0.226 e. The molecule has 0 amide bonds. The number of rotatable bonds is 5. The van der Waals surface area contributed by atoms with Crippen LogP contribution in [0, 0.1) is 13.8 Å². The Labute approximate surface area is 158 Å². The minimum Gasteiger partial charge on any atom is -0.460 e.